The van der Waals surface area contributed by atoms with Crippen molar-refractivity contribution in [3.63, 3.8) is 0 Å². The van der Waals surface area contributed by atoms with Crippen LogP contribution < -0.4 is 19.5 Å². The lowest BCUT2D eigenvalue weighted by molar-refractivity contribution is -0.0204. The summed E-state index contributed by atoms with van der Waals surface area (Å²) in [5, 5.41) is 17.5. The fourth-order valence-corrected chi connectivity index (χ4v) is 4.53. The van der Waals surface area contributed by atoms with Gasteiger partial charge in [0.05, 0.1) is 29.0 Å². The Morgan fingerprint density at radius 2 is 1.85 bits per heavy atom. The van der Waals surface area contributed by atoms with Gasteiger partial charge in [0, 0.05) is 18.4 Å². The molecule has 5 rings (SSSR count). The molecule has 3 atom stereocenters. The summed E-state index contributed by atoms with van der Waals surface area (Å²) in [5.74, 6) is -2.22. The minimum atomic E-state index is -2.92. The second-order valence-corrected chi connectivity index (χ2v) is 9.71. The number of fused-ring (bicyclic) bond motifs is 2. The quantitative estimate of drug-likeness (QED) is 0.286. The van der Waals surface area contributed by atoms with E-state index in [1.54, 1.807) is 48.1 Å². The molecule has 1 aliphatic rings. The predicted molar refractivity (Wildman–Crippen MR) is 142 cm³/mol. The number of hydrogen-bond donors (Lipinski definition) is 2. The van der Waals surface area contributed by atoms with Crippen LogP contribution in [0.5, 0.6) is 17.2 Å². The zero-order valence-corrected chi connectivity index (χ0v) is 21.7. The first-order valence-electron chi connectivity index (χ1n) is 12.6. The van der Waals surface area contributed by atoms with Gasteiger partial charge in [-0.3, -0.25) is 0 Å². The summed E-state index contributed by atoms with van der Waals surface area (Å²) in [4.78, 5) is 11.4. The van der Waals surface area contributed by atoms with Crippen molar-refractivity contribution >= 4 is 16.9 Å². The molecule has 0 bridgehead atoms. The third kappa shape index (κ3) is 5.65. The summed E-state index contributed by atoms with van der Waals surface area (Å²) in [6, 6.07) is 15.8. The van der Waals surface area contributed by atoms with Crippen LogP contribution in [0.25, 0.3) is 16.6 Å². The second-order valence-electron chi connectivity index (χ2n) is 9.71. The highest BCUT2D eigenvalue weighted by atomic mass is 19.3. The minimum Gasteiger partial charge on any atom is -0.486 e. The smallest absolute Gasteiger partial charge is 0.335 e. The van der Waals surface area contributed by atoms with Gasteiger partial charge >= 0.3 is 5.97 Å². The lowest BCUT2D eigenvalue weighted by Gasteiger charge is -2.31. The molecule has 3 aromatic carbocycles. The van der Waals surface area contributed by atoms with E-state index in [1.165, 1.54) is 13.0 Å². The van der Waals surface area contributed by atoms with Crippen molar-refractivity contribution in [3.05, 3.63) is 78.0 Å². The molecule has 2 N–H and O–H groups in total. The van der Waals surface area contributed by atoms with Crippen molar-refractivity contribution in [2.75, 3.05) is 13.2 Å². The molecule has 1 aliphatic heterocycles. The van der Waals surface area contributed by atoms with Crippen LogP contribution in [0.3, 0.4) is 0 Å². The Bertz CT molecular complexity index is 1500. The van der Waals surface area contributed by atoms with Crippen molar-refractivity contribution in [2.45, 2.75) is 44.9 Å². The van der Waals surface area contributed by atoms with Crippen molar-refractivity contribution in [2.24, 2.45) is 0 Å². The van der Waals surface area contributed by atoms with Crippen molar-refractivity contribution in [3.8, 4) is 22.9 Å². The average molecular weight is 538 g/mol. The van der Waals surface area contributed by atoms with Crippen LogP contribution in [-0.2, 0) is 0 Å². The number of benzene rings is 3. The fourth-order valence-electron chi connectivity index (χ4n) is 4.53. The first kappa shape index (κ1) is 26.4. The number of hydrogen-bond acceptors (Lipinski definition) is 6. The number of ether oxygens (including phenoxy) is 3. The molecule has 204 valence electrons. The first-order chi connectivity index (χ1) is 18.6. The Balaban J connectivity index is 1.46. The molecule has 4 aromatic rings. The molecule has 0 radical (unpaired) electrons. The molecular formula is C29H29F2N3O5. The van der Waals surface area contributed by atoms with Gasteiger partial charge < -0.3 is 24.6 Å². The summed E-state index contributed by atoms with van der Waals surface area (Å²) in [6.07, 6.45) is 1.03. The van der Waals surface area contributed by atoms with Gasteiger partial charge in [-0.1, -0.05) is 12.1 Å². The molecule has 0 spiro atoms. The second kappa shape index (κ2) is 10.5. The third-order valence-corrected chi connectivity index (χ3v) is 6.76. The number of halogens is 2. The number of rotatable bonds is 9. The van der Waals surface area contributed by atoms with Gasteiger partial charge in [-0.15, -0.1) is 0 Å². The van der Waals surface area contributed by atoms with Crippen molar-refractivity contribution in [1.29, 1.82) is 0 Å². The normalized spacial score (nSPS) is 15.5. The van der Waals surface area contributed by atoms with Crippen LogP contribution in [0.4, 0.5) is 8.78 Å². The van der Waals surface area contributed by atoms with E-state index in [-0.39, 0.29) is 5.56 Å². The molecular weight excluding hydrogens is 508 g/mol. The first-order valence-corrected chi connectivity index (χ1v) is 12.6. The lowest BCUT2D eigenvalue weighted by atomic mass is 10.0. The summed E-state index contributed by atoms with van der Waals surface area (Å²) in [7, 11) is 0. The molecule has 39 heavy (non-hydrogen) atoms. The van der Waals surface area contributed by atoms with E-state index in [0.717, 1.165) is 23.4 Å². The maximum absolute atomic E-state index is 14.0. The highest BCUT2D eigenvalue weighted by molar-refractivity contribution is 5.88. The maximum atomic E-state index is 14.0. The van der Waals surface area contributed by atoms with E-state index in [9.17, 15) is 18.7 Å². The predicted octanol–water partition coefficient (Wildman–Crippen LogP) is 5.64. The van der Waals surface area contributed by atoms with Gasteiger partial charge in [-0.05, 0) is 67.9 Å². The van der Waals surface area contributed by atoms with Crippen LogP contribution in [-0.4, -0.2) is 52.1 Å². The van der Waals surface area contributed by atoms with Crippen LogP contribution in [0, 0.1) is 0 Å². The minimum absolute atomic E-state index is 0.159. The molecule has 2 heterocycles. The van der Waals surface area contributed by atoms with Gasteiger partial charge in [0.25, 0.3) is 5.92 Å². The van der Waals surface area contributed by atoms with Crippen molar-refractivity contribution < 1.29 is 32.9 Å². The topological polar surface area (TPSA) is 94.8 Å². The third-order valence-electron chi connectivity index (χ3n) is 6.76. The van der Waals surface area contributed by atoms with Gasteiger partial charge in [0.2, 0.25) is 0 Å². The van der Waals surface area contributed by atoms with E-state index in [4.69, 9.17) is 14.2 Å². The number of aromatic carboxylic acids is 1. The monoisotopic (exact) mass is 537 g/mol. The molecule has 1 aromatic heterocycles. The molecule has 0 saturated carbocycles. The largest absolute Gasteiger partial charge is 0.486 e. The molecule has 2 unspecified atom stereocenters. The molecule has 8 nitrogen and oxygen atoms in total. The summed E-state index contributed by atoms with van der Waals surface area (Å²) in [5.41, 5.74) is 2.27. The van der Waals surface area contributed by atoms with Crippen LogP contribution in [0.1, 0.15) is 42.8 Å². The Hall–Kier alpha value is -4.18. The number of alkyl halides is 2. The van der Waals surface area contributed by atoms with E-state index in [0.29, 0.717) is 36.1 Å². The van der Waals surface area contributed by atoms with E-state index in [1.807, 2.05) is 24.3 Å². The highest BCUT2D eigenvalue weighted by Gasteiger charge is 2.34. The van der Waals surface area contributed by atoms with Crippen LogP contribution in [0.2, 0.25) is 0 Å². The van der Waals surface area contributed by atoms with E-state index < -0.39 is 30.1 Å². The van der Waals surface area contributed by atoms with Crippen molar-refractivity contribution in [1.82, 2.24) is 15.1 Å². The standard InChI is InChI=1S/C29H29F2N3O5/c1-17(33-18(2)29(3,30)31)27(19-7-10-25-26(15-19)38-12-11-37-25)39-23-8-9-24-21(14-23)16-32-34(24)22-6-4-5-20(13-22)28(35)36/h4-10,13-18,27,33H,11-12H2,1-3H3,(H,35,36)/t17?,18?,27-/m0/s1. The van der Waals surface area contributed by atoms with Gasteiger partial charge in [-0.2, -0.15) is 5.10 Å². The fraction of sp³-hybridized carbons (Fsp3) is 0.310. The van der Waals surface area contributed by atoms with Gasteiger partial charge in [0.15, 0.2) is 11.5 Å². The number of carboxylic acids is 1. The number of nitrogens with zero attached hydrogens (tertiary/aromatic N) is 2. The zero-order valence-electron chi connectivity index (χ0n) is 21.7. The highest BCUT2D eigenvalue weighted by Crippen LogP contribution is 2.36. The summed E-state index contributed by atoms with van der Waals surface area (Å²) in [6.45, 7) is 5.01. The Morgan fingerprint density at radius 3 is 2.59 bits per heavy atom. The maximum Gasteiger partial charge on any atom is 0.335 e. The Morgan fingerprint density at radius 1 is 1.08 bits per heavy atom. The number of carbonyl (C=O) groups is 1. The SMILES string of the molecule is CC(NC(C)C(C)(F)F)[C@H](Oc1ccc2c(cnn2-c2cccc(C(=O)O)c2)c1)c1ccc2c(c1)OCCO2. The molecule has 0 amide bonds. The van der Waals surface area contributed by atoms with Crippen LogP contribution >= 0.6 is 0 Å². The van der Waals surface area contributed by atoms with E-state index in [2.05, 4.69) is 10.4 Å². The summed E-state index contributed by atoms with van der Waals surface area (Å²) >= 11 is 0. The van der Waals surface area contributed by atoms with Gasteiger partial charge in [0.1, 0.15) is 25.1 Å². The average Bonchev–Trinajstić information content (AvgIpc) is 3.34. The molecule has 0 aliphatic carbocycles. The van der Waals surface area contributed by atoms with Crippen LogP contribution in [0.15, 0.2) is 66.9 Å². The summed E-state index contributed by atoms with van der Waals surface area (Å²) < 4.78 is 47.4. The Labute approximate surface area is 224 Å². The lowest BCUT2D eigenvalue weighted by Crippen LogP contribution is -2.48. The molecule has 0 saturated heterocycles. The molecule has 0 fully saturated rings. The Kier molecular flexibility index (Phi) is 7.14. The van der Waals surface area contributed by atoms with Gasteiger partial charge in [-0.25, -0.2) is 18.3 Å². The van der Waals surface area contributed by atoms with E-state index >= 15 is 0 Å². The zero-order chi connectivity index (χ0) is 27.7. The number of nitrogens with one attached hydrogen (secondary N) is 1. The number of aromatic nitrogens is 2. The number of carboxylic acid groups (broad SMARTS) is 1. The molecule has 10 heteroatoms.